The van der Waals surface area contributed by atoms with Gasteiger partial charge in [0.1, 0.15) is 0 Å². The number of carbonyl (C=O) groups excluding carboxylic acids is 2. The lowest BCUT2D eigenvalue weighted by molar-refractivity contribution is -0.219. The first-order valence-electron chi connectivity index (χ1n) is 6.36. The van der Waals surface area contributed by atoms with Crippen LogP contribution in [0.1, 0.15) is 40.5 Å². The molecule has 0 aromatic heterocycles. The molecule has 102 valence electrons. The Bertz CT molecular complexity index is 358. The van der Waals surface area contributed by atoms with Gasteiger partial charge in [-0.3, -0.25) is 9.59 Å². The smallest absolute Gasteiger partial charge is 0.305 e. The molecule has 5 nitrogen and oxygen atoms in total. The van der Waals surface area contributed by atoms with Crippen molar-refractivity contribution >= 4 is 11.9 Å². The maximum Gasteiger partial charge on any atom is 0.305 e. The van der Waals surface area contributed by atoms with E-state index in [2.05, 4.69) is 6.92 Å². The minimum Gasteiger partial charge on any atom is -0.455 e. The zero-order valence-corrected chi connectivity index (χ0v) is 11.3. The third kappa shape index (κ3) is 2.23. The summed E-state index contributed by atoms with van der Waals surface area (Å²) < 4.78 is 16.3. The van der Waals surface area contributed by atoms with Crippen molar-refractivity contribution in [3.63, 3.8) is 0 Å². The Balaban J connectivity index is 2.12. The van der Waals surface area contributed by atoms with E-state index in [0.717, 1.165) is 12.8 Å². The number of rotatable bonds is 2. The molecule has 2 fully saturated rings. The van der Waals surface area contributed by atoms with Gasteiger partial charge in [0.2, 0.25) is 6.29 Å². The molecule has 3 atom stereocenters. The minimum absolute atomic E-state index is 0.0435. The molecule has 5 heteroatoms. The number of ether oxygens (including phenoxy) is 3. The van der Waals surface area contributed by atoms with Gasteiger partial charge in [-0.15, -0.1) is 0 Å². The third-order valence-corrected chi connectivity index (χ3v) is 3.91. The van der Waals surface area contributed by atoms with Gasteiger partial charge in [-0.1, -0.05) is 13.8 Å². The van der Waals surface area contributed by atoms with Gasteiger partial charge < -0.3 is 14.2 Å². The summed E-state index contributed by atoms with van der Waals surface area (Å²) in [4.78, 5) is 22.2. The highest BCUT2D eigenvalue weighted by Crippen LogP contribution is 2.53. The van der Waals surface area contributed by atoms with Gasteiger partial charge >= 0.3 is 11.9 Å². The van der Waals surface area contributed by atoms with E-state index in [4.69, 9.17) is 14.2 Å². The quantitative estimate of drug-likeness (QED) is 0.703. The van der Waals surface area contributed by atoms with Gasteiger partial charge in [0.15, 0.2) is 6.10 Å². The topological polar surface area (TPSA) is 61.8 Å². The summed E-state index contributed by atoms with van der Waals surface area (Å²) in [5, 5.41) is 0. The Morgan fingerprint density at radius 2 is 1.67 bits per heavy atom. The summed E-state index contributed by atoms with van der Waals surface area (Å²) in [5.41, 5.74) is -0.292. The summed E-state index contributed by atoms with van der Waals surface area (Å²) in [6, 6.07) is 0. The van der Waals surface area contributed by atoms with E-state index >= 15 is 0 Å². The summed E-state index contributed by atoms with van der Waals surface area (Å²) in [7, 11) is 0. The standard InChI is InChI=1S/C13H20O5/c1-7-5-13(6-7)8(2)11(16-9(3)14)12(18-13)17-10(4)15/h7-8,11-12H,5-6H2,1-4H3/t7?,8-,11?,12?,13?/m0/s1. The Morgan fingerprint density at radius 3 is 2.11 bits per heavy atom. The van der Waals surface area contributed by atoms with Crippen LogP contribution >= 0.6 is 0 Å². The molecule has 2 unspecified atom stereocenters. The van der Waals surface area contributed by atoms with Crippen LogP contribution in [0.2, 0.25) is 0 Å². The zero-order valence-electron chi connectivity index (χ0n) is 11.3. The molecule has 1 aliphatic heterocycles. The van der Waals surface area contributed by atoms with E-state index in [0.29, 0.717) is 5.92 Å². The fraction of sp³-hybridized carbons (Fsp3) is 0.846. The molecule has 2 rings (SSSR count). The maximum absolute atomic E-state index is 11.1. The minimum atomic E-state index is -0.770. The first kappa shape index (κ1) is 13.3. The molecule has 0 radical (unpaired) electrons. The van der Waals surface area contributed by atoms with Gasteiger partial charge in [0.25, 0.3) is 0 Å². The normalized spacial score (nSPS) is 42.4. The van der Waals surface area contributed by atoms with Crippen molar-refractivity contribution in [2.45, 2.75) is 58.5 Å². The molecule has 18 heavy (non-hydrogen) atoms. The second kappa shape index (κ2) is 4.53. The molecule has 0 aromatic carbocycles. The monoisotopic (exact) mass is 256 g/mol. The van der Waals surface area contributed by atoms with Crippen molar-refractivity contribution in [1.82, 2.24) is 0 Å². The third-order valence-electron chi connectivity index (χ3n) is 3.91. The fourth-order valence-electron chi connectivity index (χ4n) is 3.13. The van der Waals surface area contributed by atoms with Crippen molar-refractivity contribution in [3.05, 3.63) is 0 Å². The van der Waals surface area contributed by atoms with Crippen LogP contribution < -0.4 is 0 Å². The molecule has 2 aliphatic rings. The lowest BCUT2D eigenvalue weighted by Gasteiger charge is -2.45. The molecule has 1 aliphatic carbocycles. The number of carbonyl (C=O) groups is 2. The van der Waals surface area contributed by atoms with Gasteiger partial charge in [-0.2, -0.15) is 0 Å². The summed E-state index contributed by atoms with van der Waals surface area (Å²) in [6.45, 7) is 6.82. The number of hydrogen-bond acceptors (Lipinski definition) is 5. The summed E-state index contributed by atoms with van der Waals surface area (Å²) in [6.07, 6.45) is 0.570. The molecule has 0 amide bonds. The van der Waals surface area contributed by atoms with E-state index < -0.39 is 18.4 Å². The number of esters is 2. The van der Waals surface area contributed by atoms with Crippen LogP contribution in [-0.4, -0.2) is 29.9 Å². The summed E-state index contributed by atoms with van der Waals surface area (Å²) in [5.74, 6) is -0.158. The van der Waals surface area contributed by atoms with Gasteiger partial charge in [0, 0.05) is 19.8 Å². The van der Waals surface area contributed by atoms with Crippen LogP contribution in [0.25, 0.3) is 0 Å². The lowest BCUT2D eigenvalue weighted by atomic mass is 9.65. The van der Waals surface area contributed by atoms with E-state index in [-0.39, 0.29) is 17.5 Å². The van der Waals surface area contributed by atoms with Crippen molar-refractivity contribution in [1.29, 1.82) is 0 Å². The van der Waals surface area contributed by atoms with Crippen molar-refractivity contribution < 1.29 is 23.8 Å². The Morgan fingerprint density at radius 1 is 1.11 bits per heavy atom. The summed E-state index contributed by atoms with van der Waals surface area (Å²) >= 11 is 0. The van der Waals surface area contributed by atoms with E-state index in [1.165, 1.54) is 13.8 Å². The van der Waals surface area contributed by atoms with Gasteiger partial charge in [-0.25, -0.2) is 0 Å². The van der Waals surface area contributed by atoms with Crippen LogP contribution in [0.15, 0.2) is 0 Å². The first-order valence-corrected chi connectivity index (χ1v) is 6.36. The molecular weight excluding hydrogens is 236 g/mol. The highest BCUT2D eigenvalue weighted by Gasteiger charge is 2.60. The molecule has 1 spiro atoms. The van der Waals surface area contributed by atoms with E-state index in [1.807, 2.05) is 6.92 Å². The van der Waals surface area contributed by atoms with Crippen molar-refractivity contribution in [3.8, 4) is 0 Å². The number of hydrogen-bond donors (Lipinski definition) is 0. The van der Waals surface area contributed by atoms with Gasteiger partial charge in [0.05, 0.1) is 5.60 Å². The second-order valence-corrected chi connectivity index (χ2v) is 5.54. The van der Waals surface area contributed by atoms with Crippen LogP contribution in [0.5, 0.6) is 0 Å². The van der Waals surface area contributed by atoms with E-state index in [1.54, 1.807) is 0 Å². The molecular formula is C13H20O5. The van der Waals surface area contributed by atoms with Gasteiger partial charge in [-0.05, 0) is 18.8 Å². The SMILES string of the molecule is CC(=O)OC1OC2(CC(C)C2)[C@@H](C)C1OC(C)=O. The Labute approximate surface area is 107 Å². The molecule has 1 saturated heterocycles. The predicted octanol–water partition coefficient (Wildman–Crippen LogP) is 1.64. The lowest BCUT2D eigenvalue weighted by Crippen LogP contribution is -2.48. The first-order chi connectivity index (χ1) is 8.34. The highest BCUT2D eigenvalue weighted by molar-refractivity contribution is 5.67. The largest absolute Gasteiger partial charge is 0.455 e. The van der Waals surface area contributed by atoms with E-state index in [9.17, 15) is 9.59 Å². The van der Waals surface area contributed by atoms with Crippen molar-refractivity contribution in [2.75, 3.05) is 0 Å². The second-order valence-electron chi connectivity index (χ2n) is 5.54. The molecule has 1 saturated carbocycles. The van der Waals surface area contributed by atoms with Crippen LogP contribution in [0.4, 0.5) is 0 Å². The average Bonchev–Trinajstić information content (AvgIpc) is 2.42. The highest BCUT2D eigenvalue weighted by atomic mass is 16.7. The Hall–Kier alpha value is -1.10. The Kier molecular flexibility index (Phi) is 3.36. The zero-order chi connectivity index (χ0) is 13.5. The molecule has 0 N–H and O–H groups in total. The molecule has 1 heterocycles. The molecule has 0 aromatic rings. The predicted molar refractivity (Wildman–Crippen MR) is 62.5 cm³/mol. The average molecular weight is 256 g/mol. The van der Waals surface area contributed by atoms with Crippen LogP contribution in [0.3, 0.4) is 0 Å². The van der Waals surface area contributed by atoms with Crippen LogP contribution in [0, 0.1) is 11.8 Å². The van der Waals surface area contributed by atoms with Crippen molar-refractivity contribution in [2.24, 2.45) is 11.8 Å². The maximum atomic E-state index is 11.1. The van der Waals surface area contributed by atoms with Crippen LogP contribution in [-0.2, 0) is 23.8 Å². The molecule has 0 bridgehead atoms. The fourth-order valence-corrected chi connectivity index (χ4v) is 3.13.